The maximum absolute atomic E-state index is 12.5. The number of carbonyl (C=O) groups excluding carboxylic acids is 1. The Morgan fingerprint density at radius 2 is 1.68 bits per heavy atom. The van der Waals surface area contributed by atoms with Gasteiger partial charge < -0.3 is 0 Å². The normalized spacial score (nSPS) is 10.9. The summed E-state index contributed by atoms with van der Waals surface area (Å²) in [6, 6.07) is 22.1. The Balaban J connectivity index is 1.44. The van der Waals surface area contributed by atoms with Gasteiger partial charge in [-0.2, -0.15) is 0 Å². The number of benzene rings is 3. The third kappa shape index (κ3) is 4.34. The summed E-state index contributed by atoms with van der Waals surface area (Å²) >= 11 is 1.21. The number of carbonyl (C=O) groups is 1. The van der Waals surface area contributed by atoms with Crippen molar-refractivity contribution < 1.29 is 30.7 Å². The summed E-state index contributed by atoms with van der Waals surface area (Å²) in [4.78, 5) is 17.0. The minimum absolute atomic E-state index is 0.134. The molecule has 0 saturated carbocycles. The van der Waals surface area contributed by atoms with E-state index in [2.05, 4.69) is 28.5 Å². The van der Waals surface area contributed by atoms with Gasteiger partial charge in [-0.1, -0.05) is 0 Å². The van der Waals surface area contributed by atoms with Crippen LogP contribution in [0.5, 0.6) is 5.75 Å². The third-order valence-corrected chi connectivity index (χ3v) is 7.76. The van der Waals surface area contributed by atoms with Crippen LogP contribution in [0, 0.1) is 14.1 Å². The number of ether oxygens (including phenoxy) is 1. The standard InChI is InChI=1S/C22H18IN2O2S/c1-14-3-12-19-20(13-14)28-22(24-19)25-21(26)15-4-6-16(7-5-15)23-17-8-10-18(27-2)11-9-17/h3-13H,1-2H3,(H,24,25,26)/q-1. The summed E-state index contributed by atoms with van der Waals surface area (Å²) in [7, 11) is 1.67. The van der Waals surface area contributed by atoms with E-state index in [1.807, 2.05) is 55.5 Å². The Kier molecular flexibility index (Phi) is 5.59. The second-order valence-electron chi connectivity index (χ2n) is 6.20. The molecule has 4 aromatic rings. The van der Waals surface area contributed by atoms with Crippen LogP contribution in [-0.4, -0.2) is 18.0 Å². The van der Waals surface area contributed by atoms with Crippen molar-refractivity contribution in [3.63, 3.8) is 0 Å². The molecule has 4 rings (SSSR count). The number of hydrogen-bond donors (Lipinski definition) is 1. The first-order chi connectivity index (χ1) is 13.6. The number of aromatic nitrogens is 1. The molecule has 0 fully saturated rings. The molecule has 1 amide bonds. The Hall–Kier alpha value is -2.45. The number of nitrogens with one attached hydrogen (secondary N) is 1. The molecule has 0 aliphatic heterocycles. The second kappa shape index (κ2) is 8.28. The van der Waals surface area contributed by atoms with Gasteiger partial charge in [0.2, 0.25) is 0 Å². The predicted octanol–water partition coefficient (Wildman–Crippen LogP) is 1.99. The summed E-state index contributed by atoms with van der Waals surface area (Å²) in [6.07, 6.45) is 0. The molecule has 3 aromatic carbocycles. The van der Waals surface area contributed by atoms with Crippen molar-refractivity contribution in [1.82, 2.24) is 4.98 Å². The minimum atomic E-state index is -0.286. The van der Waals surface area contributed by atoms with E-state index in [4.69, 9.17) is 4.74 Å². The van der Waals surface area contributed by atoms with E-state index in [1.54, 1.807) is 7.11 Å². The molecule has 4 nitrogen and oxygen atoms in total. The Morgan fingerprint density at radius 1 is 1.00 bits per heavy atom. The maximum atomic E-state index is 12.5. The summed E-state index contributed by atoms with van der Waals surface area (Å²) in [5, 5.41) is 3.54. The van der Waals surface area contributed by atoms with Gasteiger partial charge in [0.05, 0.1) is 0 Å². The van der Waals surface area contributed by atoms with Crippen molar-refractivity contribution in [2.75, 3.05) is 12.4 Å². The van der Waals surface area contributed by atoms with Crippen LogP contribution in [0.15, 0.2) is 66.7 Å². The quantitative estimate of drug-likeness (QED) is 0.426. The fourth-order valence-corrected chi connectivity index (χ4v) is 5.80. The number of aryl methyl sites for hydroxylation is 1. The molecule has 0 saturated heterocycles. The molecule has 1 heterocycles. The topological polar surface area (TPSA) is 51.2 Å². The molecular weight excluding hydrogens is 483 g/mol. The van der Waals surface area contributed by atoms with E-state index in [1.165, 1.54) is 24.0 Å². The van der Waals surface area contributed by atoms with Gasteiger partial charge in [0.1, 0.15) is 0 Å². The average molecular weight is 501 g/mol. The number of amides is 1. The van der Waals surface area contributed by atoms with Crippen LogP contribution in [0.4, 0.5) is 5.13 Å². The first-order valence-electron chi connectivity index (χ1n) is 8.68. The molecular formula is C22H18IN2O2S-. The van der Waals surface area contributed by atoms with E-state index in [0.717, 1.165) is 16.0 Å². The van der Waals surface area contributed by atoms with E-state index >= 15 is 0 Å². The van der Waals surface area contributed by atoms with Crippen molar-refractivity contribution in [3.8, 4) is 5.75 Å². The van der Waals surface area contributed by atoms with Crippen molar-refractivity contribution in [3.05, 3.63) is 85.0 Å². The number of halogens is 1. The van der Waals surface area contributed by atoms with E-state index in [9.17, 15) is 4.79 Å². The summed E-state index contributed by atoms with van der Waals surface area (Å²) in [5.41, 5.74) is 2.73. The predicted molar refractivity (Wildman–Crippen MR) is 109 cm³/mol. The van der Waals surface area contributed by atoms with Gasteiger partial charge in [-0.25, -0.2) is 0 Å². The van der Waals surface area contributed by atoms with Crippen molar-refractivity contribution in [2.24, 2.45) is 0 Å². The molecule has 28 heavy (non-hydrogen) atoms. The number of thiazole rings is 1. The van der Waals surface area contributed by atoms with Crippen molar-refractivity contribution >= 4 is 32.6 Å². The van der Waals surface area contributed by atoms with Gasteiger partial charge in [-0.15, -0.1) is 0 Å². The van der Waals surface area contributed by atoms with Crippen LogP contribution in [-0.2, 0) is 0 Å². The van der Waals surface area contributed by atoms with Gasteiger partial charge >= 0.3 is 178 Å². The molecule has 0 aliphatic carbocycles. The van der Waals surface area contributed by atoms with E-state index in [0.29, 0.717) is 10.7 Å². The van der Waals surface area contributed by atoms with Crippen LogP contribution >= 0.6 is 11.3 Å². The zero-order valence-corrected chi connectivity index (χ0v) is 18.4. The van der Waals surface area contributed by atoms with E-state index in [-0.39, 0.29) is 27.1 Å². The van der Waals surface area contributed by atoms with Crippen LogP contribution in [0.1, 0.15) is 15.9 Å². The first kappa shape index (κ1) is 18.9. The molecule has 0 spiro atoms. The number of hydrogen-bond acceptors (Lipinski definition) is 4. The molecule has 0 unspecified atom stereocenters. The first-order valence-corrected chi connectivity index (χ1v) is 11.7. The van der Waals surface area contributed by atoms with Gasteiger partial charge in [0.25, 0.3) is 0 Å². The zero-order valence-electron chi connectivity index (χ0n) is 15.4. The molecule has 0 bridgehead atoms. The molecule has 142 valence electrons. The zero-order chi connectivity index (χ0) is 19.5. The summed E-state index contributed by atoms with van der Waals surface area (Å²) < 4.78 is 8.84. The van der Waals surface area contributed by atoms with Crippen molar-refractivity contribution in [1.29, 1.82) is 0 Å². The number of rotatable bonds is 5. The fourth-order valence-electron chi connectivity index (χ4n) is 2.68. The second-order valence-corrected chi connectivity index (χ2v) is 10.3. The number of nitrogens with zero attached hydrogens (tertiary/aromatic N) is 1. The fraction of sp³-hybridized carbons (Fsp3) is 0.0909. The van der Waals surface area contributed by atoms with Crippen LogP contribution in [0.25, 0.3) is 10.2 Å². The molecule has 0 atom stereocenters. The van der Waals surface area contributed by atoms with Crippen LogP contribution in [0.3, 0.4) is 0 Å². The molecule has 0 aliphatic rings. The van der Waals surface area contributed by atoms with Gasteiger partial charge in [0, 0.05) is 0 Å². The number of anilines is 1. The molecule has 1 aromatic heterocycles. The van der Waals surface area contributed by atoms with Gasteiger partial charge in [-0.05, 0) is 0 Å². The summed E-state index contributed by atoms with van der Waals surface area (Å²) in [6.45, 7) is 2.05. The molecule has 0 radical (unpaired) electrons. The monoisotopic (exact) mass is 501 g/mol. The average Bonchev–Trinajstić information content (AvgIpc) is 3.10. The van der Waals surface area contributed by atoms with Gasteiger partial charge in [-0.3, -0.25) is 0 Å². The van der Waals surface area contributed by atoms with Crippen LogP contribution < -0.4 is 31.3 Å². The third-order valence-electron chi connectivity index (χ3n) is 4.14. The Morgan fingerprint density at radius 3 is 2.36 bits per heavy atom. The molecule has 6 heteroatoms. The van der Waals surface area contributed by atoms with E-state index < -0.39 is 0 Å². The number of fused-ring (bicyclic) bond motifs is 1. The molecule has 1 N–H and O–H groups in total. The number of methoxy groups -OCH3 is 1. The Labute approximate surface area is 177 Å². The van der Waals surface area contributed by atoms with Crippen molar-refractivity contribution in [2.45, 2.75) is 6.92 Å². The Bertz CT molecular complexity index is 1120. The van der Waals surface area contributed by atoms with Gasteiger partial charge in [0.15, 0.2) is 0 Å². The summed E-state index contributed by atoms with van der Waals surface area (Å²) in [5.74, 6) is 0.731. The van der Waals surface area contributed by atoms with Crippen LogP contribution in [0.2, 0.25) is 0 Å². The SMILES string of the molecule is COc1ccc([I-]c2ccc(C(=O)Nc3nc4ccc(C)cc4s3)cc2)cc1.